The Kier molecular flexibility index (Phi) is 4.95. The molecule has 1 aromatic rings. The molecule has 0 heterocycles. The van der Waals surface area contributed by atoms with Gasteiger partial charge in [-0.3, -0.25) is 0 Å². The molecule has 0 radical (unpaired) electrons. The van der Waals surface area contributed by atoms with Gasteiger partial charge in [0.25, 0.3) is 0 Å². The van der Waals surface area contributed by atoms with Crippen molar-refractivity contribution >= 4 is 26.0 Å². The average Bonchev–Trinajstić information content (AvgIpc) is 2.14. The molecule has 0 atom stereocenters. The minimum Gasteiger partial charge on any atom is -0.213 e. The van der Waals surface area contributed by atoms with E-state index in [1.54, 1.807) is 0 Å². The summed E-state index contributed by atoms with van der Waals surface area (Å²) < 4.78 is 26.7. The van der Waals surface area contributed by atoms with Crippen LogP contribution < -0.4 is 4.72 Å². The van der Waals surface area contributed by atoms with E-state index in [1.165, 1.54) is 0 Å². The summed E-state index contributed by atoms with van der Waals surface area (Å²) in [7, 11) is -3.17. The van der Waals surface area contributed by atoms with Crippen molar-refractivity contribution in [3.63, 3.8) is 0 Å². The summed E-state index contributed by atoms with van der Waals surface area (Å²) in [5, 5.41) is 0. The van der Waals surface area contributed by atoms with Crippen LogP contribution in [0.3, 0.4) is 0 Å². The van der Waals surface area contributed by atoms with Gasteiger partial charge < -0.3 is 0 Å². The molecular weight excluding hydrogens is 290 g/mol. The Labute approximate surface area is 105 Å². The topological polar surface area (TPSA) is 46.2 Å². The van der Waals surface area contributed by atoms with Crippen molar-refractivity contribution in [3.8, 4) is 0 Å². The van der Waals surface area contributed by atoms with Gasteiger partial charge in [0.2, 0.25) is 10.0 Å². The zero-order valence-corrected chi connectivity index (χ0v) is 11.8. The van der Waals surface area contributed by atoms with Crippen LogP contribution in [0.5, 0.6) is 0 Å². The molecule has 0 aliphatic carbocycles. The SMILES string of the molecule is CC(C)NS(=O)(=O)CCc1ccccc1Br. The standard InChI is InChI=1S/C11H16BrNO2S/c1-9(2)13-16(14,15)8-7-10-5-3-4-6-11(10)12/h3-6,9,13H,7-8H2,1-2H3. The molecule has 0 aromatic heterocycles. The number of nitrogens with one attached hydrogen (secondary N) is 1. The predicted molar refractivity (Wildman–Crippen MR) is 69.9 cm³/mol. The van der Waals surface area contributed by atoms with Crippen molar-refractivity contribution in [2.24, 2.45) is 0 Å². The monoisotopic (exact) mass is 305 g/mol. The Bertz CT molecular complexity index is 443. The van der Waals surface area contributed by atoms with Crippen LogP contribution in [0.1, 0.15) is 19.4 Å². The van der Waals surface area contributed by atoms with Crippen LogP contribution in [0.4, 0.5) is 0 Å². The van der Waals surface area contributed by atoms with E-state index in [9.17, 15) is 8.42 Å². The summed E-state index contributed by atoms with van der Waals surface area (Å²) in [5.74, 6) is 0.119. The van der Waals surface area contributed by atoms with Crippen LogP contribution in [0.25, 0.3) is 0 Å². The lowest BCUT2D eigenvalue weighted by Gasteiger charge is -2.09. The maximum Gasteiger partial charge on any atom is 0.212 e. The maximum atomic E-state index is 11.6. The normalized spacial score (nSPS) is 12.0. The zero-order valence-electron chi connectivity index (χ0n) is 9.40. The molecule has 0 aliphatic heterocycles. The quantitative estimate of drug-likeness (QED) is 0.907. The van der Waals surface area contributed by atoms with Crippen LogP contribution >= 0.6 is 15.9 Å². The van der Waals surface area contributed by atoms with E-state index < -0.39 is 10.0 Å². The molecule has 16 heavy (non-hydrogen) atoms. The molecule has 0 saturated heterocycles. The van der Waals surface area contributed by atoms with Gasteiger partial charge in [0, 0.05) is 10.5 Å². The van der Waals surface area contributed by atoms with Gasteiger partial charge in [-0.2, -0.15) is 0 Å². The summed E-state index contributed by atoms with van der Waals surface area (Å²) in [6.07, 6.45) is 0.517. The summed E-state index contributed by atoms with van der Waals surface area (Å²) in [4.78, 5) is 0. The van der Waals surface area contributed by atoms with Gasteiger partial charge in [-0.15, -0.1) is 0 Å². The lowest BCUT2D eigenvalue weighted by atomic mass is 10.2. The highest BCUT2D eigenvalue weighted by Gasteiger charge is 2.12. The van der Waals surface area contributed by atoms with E-state index in [-0.39, 0.29) is 11.8 Å². The van der Waals surface area contributed by atoms with Crippen LogP contribution in [0.2, 0.25) is 0 Å². The van der Waals surface area contributed by atoms with Gasteiger partial charge in [0.1, 0.15) is 0 Å². The lowest BCUT2D eigenvalue weighted by molar-refractivity contribution is 0.569. The molecule has 0 aliphatic rings. The Morgan fingerprint density at radius 3 is 2.50 bits per heavy atom. The summed E-state index contributed by atoms with van der Waals surface area (Å²) in [6.45, 7) is 3.63. The average molecular weight is 306 g/mol. The fourth-order valence-electron chi connectivity index (χ4n) is 1.36. The molecule has 5 heteroatoms. The van der Waals surface area contributed by atoms with Crippen LogP contribution in [0.15, 0.2) is 28.7 Å². The molecule has 1 rings (SSSR count). The second-order valence-corrected chi connectivity index (χ2v) is 6.66. The molecule has 0 spiro atoms. The number of benzene rings is 1. The molecule has 90 valence electrons. The number of rotatable bonds is 5. The van der Waals surface area contributed by atoms with E-state index >= 15 is 0 Å². The Morgan fingerprint density at radius 1 is 1.31 bits per heavy atom. The molecule has 0 bridgehead atoms. The van der Waals surface area contributed by atoms with Crippen LogP contribution in [0, 0.1) is 0 Å². The minimum atomic E-state index is -3.17. The Morgan fingerprint density at radius 2 is 1.94 bits per heavy atom. The molecule has 1 aromatic carbocycles. The van der Waals surface area contributed by atoms with E-state index in [4.69, 9.17) is 0 Å². The van der Waals surface area contributed by atoms with Gasteiger partial charge in [0.05, 0.1) is 5.75 Å². The Hall–Kier alpha value is -0.390. The van der Waals surface area contributed by atoms with Crippen LogP contribution in [-0.2, 0) is 16.4 Å². The number of hydrogen-bond donors (Lipinski definition) is 1. The summed E-state index contributed by atoms with van der Waals surface area (Å²) in [6, 6.07) is 7.60. The predicted octanol–water partition coefficient (Wildman–Crippen LogP) is 2.32. The maximum absolute atomic E-state index is 11.6. The van der Waals surface area contributed by atoms with E-state index in [2.05, 4.69) is 20.7 Å². The number of halogens is 1. The van der Waals surface area contributed by atoms with Crippen molar-refractivity contribution in [2.45, 2.75) is 26.3 Å². The largest absolute Gasteiger partial charge is 0.213 e. The molecular formula is C11H16BrNO2S. The second kappa shape index (κ2) is 5.80. The molecule has 0 saturated carbocycles. The van der Waals surface area contributed by atoms with Gasteiger partial charge in [-0.1, -0.05) is 34.1 Å². The van der Waals surface area contributed by atoms with E-state index in [0.717, 1.165) is 10.0 Å². The Balaban J connectivity index is 2.62. The molecule has 1 N–H and O–H groups in total. The molecule has 0 unspecified atom stereocenters. The highest BCUT2D eigenvalue weighted by Crippen LogP contribution is 2.16. The van der Waals surface area contributed by atoms with Gasteiger partial charge in [-0.05, 0) is 31.9 Å². The number of hydrogen-bond acceptors (Lipinski definition) is 2. The molecule has 3 nitrogen and oxygen atoms in total. The number of sulfonamides is 1. The van der Waals surface area contributed by atoms with Crippen molar-refractivity contribution in [1.29, 1.82) is 0 Å². The van der Waals surface area contributed by atoms with Crippen molar-refractivity contribution in [1.82, 2.24) is 4.72 Å². The first-order valence-electron chi connectivity index (χ1n) is 5.14. The first kappa shape index (κ1) is 13.7. The first-order valence-corrected chi connectivity index (χ1v) is 7.58. The third kappa shape index (κ3) is 4.63. The van der Waals surface area contributed by atoms with Gasteiger partial charge in [0.15, 0.2) is 0 Å². The van der Waals surface area contributed by atoms with Gasteiger partial charge in [-0.25, -0.2) is 13.1 Å². The van der Waals surface area contributed by atoms with Crippen molar-refractivity contribution in [3.05, 3.63) is 34.3 Å². The lowest BCUT2D eigenvalue weighted by Crippen LogP contribution is -2.32. The second-order valence-electron chi connectivity index (χ2n) is 3.93. The fourth-order valence-corrected chi connectivity index (χ4v) is 3.17. The van der Waals surface area contributed by atoms with Gasteiger partial charge >= 0.3 is 0 Å². The summed E-state index contributed by atoms with van der Waals surface area (Å²) in [5.41, 5.74) is 1.01. The molecule has 0 fully saturated rings. The van der Waals surface area contributed by atoms with E-state index in [0.29, 0.717) is 6.42 Å². The minimum absolute atomic E-state index is 0.0517. The van der Waals surface area contributed by atoms with Crippen molar-refractivity contribution in [2.75, 3.05) is 5.75 Å². The van der Waals surface area contributed by atoms with E-state index in [1.807, 2.05) is 38.1 Å². The third-order valence-electron chi connectivity index (χ3n) is 2.01. The highest BCUT2D eigenvalue weighted by molar-refractivity contribution is 9.10. The van der Waals surface area contributed by atoms with Crippen LogP contribution in [-0.4, -0.2) is 20.2 Å². The first-order chi connectivity index (χ1) is 7.41. The highest BCUT2D eigenvalue weighted by atomic mass is 79.9. The van der Waals surface area contributed by atoms with Crippen molar-refractivity contribution < 1.29 is 8.42 Å². The summed E-state index contributed by atoms with van der Waals surface area (Å²) >= 11 is 3.40. The molecule has 0 amide bonds. The fraction of sp³-hybridized carbons (Fsp3) is 0.455. The third-order valence-corrected chi connectivity index (χ3v) is 4.36. The number of aryl methyl sites for hydroxylation is 1. The smallest absolute Gasteiger partial charge is 0.212 e. The zero-order chi connectivity index (χ0) is 12.2.